The SMILES string of the molecule is CC(=O)NCc1cccc(-c2csc(NC(N)=NCCNC(=O)c3ccccc3)n2)c1. The molecule has 0 unspecified atom stereocenters. The van der Waals surface area contributed by atoms with Crippen molar-refractivity contribution in [1.82, 2.24) is 15.6 Å². The lowest BCUT2D eigenvalue weighted by molar-refractivity contribution is -0.119. The van der Waals surface area contributed by atoms with Crippen molar-refractivity contribution in [3.05, 3.63) is 71.1 Å². The van der Waals surface area contributed by atoms with Gasteiger partial charge in [-0.05, 0) is 23.8 Å². The number of hydrogen-bond donors (Lipinski definition) is 4. The molecular weight excluding hydrogens is 412 g/mol. The molecule has 0 saturated heterocycles. The first-order chi connectivity index (χ1) is 15.0. The fourth-order valence-corrected chi connectivity index (χ4v) is 3.44. The third-order valence-corrected chi connectivity index (χ3v) is 4.98. The van der Waals surface area contributed by atoms with Gasteiger partial charge in [-0.15, -0.1) is 11.3 Å². The van der Waals surface area contributed by atoms with E-state index < -0.39 is 0 Å². The van der Waals surface area contributed by atoms with Gasteiger partial charge in [0, 0.05) is 36.5 Å². The average molecular weight is 437 g/mol. The predicted octanol–water partition coefficient (Wildman–Crippen LogP) is 2.60. The maximum absolute atomic E-state index is 12.0. The fourth-order valence-electron chi connectivity index (χ4n) is 2.72. The van der Waals surface area contributed by atoms with Crippen LogP contribution >= 0.6 is 11.3 Å². The van der Waals surface area contributed by atoms with E-state index in [0.29, 0.717) is 30.3 Å². The van der Waals surface area contributed by atoms with Crippen LogP contribution in [0, 0.1) is 0 Å². The molecule has 0 atom stereocenters. The van der Waals surface area contributed by atoms with Crippen molar-refractivity contribution in [2.24, 2.45) is 10.7 Å². The zero-order valence-corrected chi connectivity index (χ0v) is 17.9. The summed E-state index contributed by atoms with van der Waals surface area (Å²) in [6.07, 6.45) is 0. The second-order valence-electron chi connectivity index (χ2n) is 6.66. The van der Waals surface area contributed by atoms with Crippen molar-refractivity contribution in [3.8, 4) is 11.3 Å². The quantitative estimate of drug-likeness (QED) is 0.246. The van der Waals surface area contributed by atoms with Crippen LogP contribution in [-0.4, -0.2) is 35.8 Å². The minimum Gasteiger partial charge on any atom is -0.370 e. The molecule has 8 nitrogen and oxygen atoms in total. The zero-order chi connectivity index (χ0) is 22.1. The number of rotatable bonds is 8. The normalized spacial score (nSPS) is 11.1. The topological polar surface area (TPSA) is 122 Å². The number of nitrogens with two attached hydrogens (primary N) is 1. The molecule has 0 aliphatic carbocycles. The molecule has 0 aliphatic rings. The first-order valence-corrected chi connectivity index (χ1v) is 10.6. The molecule has 0 radical (unpaired) electrons. The van der Waals surface area contributed by atoms with E-state index in [9.17, 15) is 9.59 Å². The van der Waals surface area contributed by atoms with Gasteiger partial charge < -0.3 is 21.7 Å². The van der Waals surface area contributed by atoms with Crippen molar-refractivity contribution in [1.29, 1.82) is 0 Å². The molecule has 0 bridgehead atoms. The van der Waals surface area contributed by atoms with E-state index >= 15 is 0 Å². The molecule has 31 heavy (non-hydrogen) atoms. The number of carbonyl (C=O) groups is 2. The summed E-state index contributed by atoms with van der Waals surface area (Å²) in [4.78, 5) is 31.8. The van der Waals surface area contributed by atoms with Crippen LogP contribution in [0.25, 0.3) is 11.3 Å². The molecule has 1 aromatic heterocycles. The van der Waals surface area contributed by atoms with Crippen molar-refractivity contribution >= 4 is 34.2 Å². The van der Waals surface area contributed by atoms with Gasteiger partial charge in [0.1, 0.15) is 0 Å². The van der Waals surface area contributed by atoms with E-state index in [1.54, 1.807) is 12.1 Å². The Morgan fingerprint density at radius 2 is 1.90 bits per heavy atom. The third kappa shape index (κ3) is 6.93. The number of aromatic nitrogens is 1. The molecule has 2 aromatic carbocycles. The molecule has 0 fully saturated rings. The largest absolute Gasteiger partial charge is 0.370 e. The maximum atomic E-state index is 12.0. The average Bonchev–Trinajstić information content (AvgIpc) is 3.24. The lowest BCUT2D eigenvalue weighted by Gasteiger charge is -2.05. The second-order valence-corrected chi connectivity index (χ2v) is 7.52. The van der Waals surface area contributed by atoms with E-state index in [1.807, 2.05) is 47.8 Å². The third-order valence-electron chi connectivity index (χ3n) is 4.22. The first kappa shape index (κ1) is 22.0. The molecule has 5 N–H and O–H groups in total. The highest BCUT2D eigenvalue weighted by Gasteiger charge is 2.07. The Kier molecular flexibility index (Phi) is 7.72. The number of aliphatic imine (C=N–C) groups is 1. The molecule has 1 heterocycles. The summed E-state index contributed by atoms with van der Waals surface area (Å²) < 4.78 is 0. The van der Waals surface area contributed by atoms with Crippen molar-refractivity contribution < 1.29 is 9.59 Å². The van der Waals surface area contributed by atoms with Gasteiger partial charge in [0.2, 0.25) is 5.91 Å². The maximum Gasteiger partial charge on any atom is 0.251 e. The summed E-state index contributed by atoms with van der Waals surface area (Å²) in [5.74, 6) is 0.0156. The number of anilines is 1. The highest BCUT2D eigenvalue weighted by molar-refractivity contribution is 7.14. The number of nitrogens with zero attached hydrogens (tertiary/aromatic N) is 2. The van der Waals surface area contributed by atoms with E-state index in [-0.39, 0.29) is 17.8 Å². The van der Waals surface area contributed by atoms with Crippen LogP contribution in [0.5, 0.6) is 0 Å². The molecule has 0 saturated carbocycles. The lowest BCUT2D eigenvalue weighted by atomic mass is 10.1. The second kappa shape index (κ2) is 10.9. The van der Waals surface area contributed by atoms with E-state index in [0.717, 1.165) is 16.8 Å². The van der Waals surface area contributed by atoms with Gasteiger partial charge in [-0.2, -0.15) is 0 Å². The van der Waals surface area contributed by atoms with Gasteiger partial charge >= 0.3 is 0 Å². The molecule has 3 rings (SSSR count). The Labute approximate surface area is 184 Å². The molecule has 160 valence electrons. The van der Waals surface area contributed by atoms with Crippen LogP contribution in [0.4, 0.5) is 5.13 Å². The molecule has 3 aromatic rings. The van der Waals surface area contributed by atoms with Gasteiger partial charge in [0.15, 0.2) is 11.1 Å². The fraction of sp³-hybridized carbons (Fsp3) is 0.182. The minimum atomic E-state index is -0.146. The zero-order valence-electron chi connectivity index (χ0n) is 17.1. The summed E-state index contributed by atoms with van der Waals surface area (Å²) in [6, 6.07) is 16.8. The Morgan fingerprint density at radius 1 is 1.10 bits per heavy atom. The first-order valence-electron chi connectivity index (χ1n) is 9.71. The summed E-state index contributed by atoms with van der Waals surface area (Å²) in [5.41, 5.74) is 9.28. The number of hydrogen-bond acceptors (Lipinski definition) is 5. The Balaban J connectivity index is 1.50. The Hall–Kier alpha value is -3.72. The van der Waals surface area contributed by atoms with Crippen LogP contribution in [0.2, 0.25) is 0 Å². The van der Waals surface area contributed by atoms with Gasteiger partial charge in [-0.3, -0.25) is 14.6 Å². The summed E-state index contributed by atoms with van der Waals surface area (Å²) in [7, 11) is 0. The van der Waals surface area contributed by atoms with E-state index in [2.05, 4.69) is 25.9 Å². The van der Waals surface area contributed by atoms with Crippen molar-refractivity contribution in [3.63, 3.8) is 0 Å². The van der Waals surface area contributed by atoms with Gasteiger partial charge in [0.05, 0.1) is 12.2 Å². The highest BCUT2D eigenvalue weighted by Crippen LogP contribution is 2.25. The van der Waals surface area contributed by atoms with Crippen LogP contribution < -0.4 is 21.7 Å². The van der Waals surface area contributed by atoms with Crippen LogP contribution in [0.3, 0.4) is 0 Å². The number of carbonyl (C=O) groups excluding carboxylic acids is 2. The van der Waals surface area contributed by atoms with E-state index in [4.69, 9.17) is 5.73 Å². The van der Waals surface area contributed by atoms with E-state index in [1.165, 1.54) is 18.3 Å². The molecule has 9 heteroatoms. The predicted molar refractivity (Wildman–Crippen MR) is 124 cm³/mol. The number of nitrogens with one attached hydrogen (secondary N) is 3. The molecule has 0 spiro atoms. The smallest absolute Gasteiger partial charge is 0.251 e. The number of amides is 2. The van der Waals surface area contributed by atoms with Crippen molar-refractivity contribution in [2.75, 3.05) is 18.4 Å². The summed E-state index contributed by atoms with van der Waals surface area (Å²) in [5, 5.41) is 11.1. The van der Waals surface area contributed by atoms with Crippen LogP contribution in [0.1, 0.15) is 22.8 Å². The number of benzene rings is 2. The molecule has 0 aliphatic heterocycles. The van der Waals surface area contributed by atoms with Gasteiger partial charge in [-0.25, -0.2) is 4.98 Å². The molecular formula is C22H24N6O2S. The summed E-state index contributed by atoms with van der Waals surface area (Å²) in [6.45, 7) is 2.69. The summed E-state index contributed by atoms with van der Waals surface area (Å²) >= 11 is 1.42. The van der Waals surface area contributed by atoms with Gasteiger partial charge in [-0.1, -0.05) is 36.4 Å². The lowest BCUT2D eigenvalue weighted by Crippen LogP contribution is -2.28. The Bertz CT molecular complexity index is 1060. The van der Waals surface area contributed by atoms with Crippen LogP contribution in [0.15, 0.2) is 65.0 Å². The highest BCUT2D eigenvalue weighted by atomic mass is 32.1. The Morgan fingerprint density at radius 3 is 2.68 bits per heavy atom. The number of thiazole rings is 1. The van der Waals surface area contributed by atoms with Crippen molar-refractivity contribution in [2.45, 2.75) is 13.5 Å². The number of guanidine groups is 1. The monoisotopic (exact) mass is 436 g/mol. The van der Waals surface area contributed by atoms with Gasteiger partial charge in [0.25, 0.3) is 5.91 Å². The minimum absolute atomic E-state index is 0.0695. The molecule has 2 amide bonds. The standard InChI is InChI=1S/C22H24N6O2S/c1-15(29)26-13-16-6-5-9-18(12-16)19-14-31-22(27-19)28-21(23)25-11-10-24-20(30)17-7-3-2-4-8-17/h2-9,12,14H,10-11,13H2,1H3,(H,24,30)(H,26,29)(H3,23,25,27,28). The van der Waals surface area contributed by atoms with Crippen LogP contribution in [-0.2, 0) is 11.3 Å².